The number of hydrogen-bond acceptors (Lipinski definition) is 4. The van der Waals surface area contributed by atoms with Crippen molar-refractivity contribution in [3.63, 3.8) is 0 Å². The van der Waals surface area contributed by atoms with Gasteiger partial charge in [0.25, 0.3) is 0 Å². The maximum atomic E-state index is 11.6. The number of aryl methyl sites for hydroxylation is 2. The third kappa shape index (κ3) is 3.74. The Morgan fingerprint density at radius 2 is 1.89 bits per heavy atom. The van der Waals surface area contributed by atoms with Crippen LogP contribution < -0.4 is 16.4 Å². The number of carbonyl (C=O) groups is 2. The Kier molecular flexibility index (Phi) is 4.67. The molecule has 0 heterocycles. The molecule has 1 rings (SSSR count). The van der Waals surface area contributed by atoms with Crippen LogP contribution in [0.5, 0.6) is 5.75 Å². The quantitative estimate of drug-likeness (QED) is 0.566. The van der Waals surface area contributed by atoms with Crippen LogP contribution in [0.25, 0.3) is 0 Å². The number of phenolic OH excluding ortho intramolecular Hbond substituents is 1. The van der Waals surface area contributed by atoms with Gasteiger partial charge in [0.1, 0.15) is 5.75 Å². The summed E-state index contributed by atoms with van der Waals surface area (Å²) in [4.78, 5) is 22.4. The van der Waals surface area contributed by atoms with Crippen molar-refractivity contribution in [1.29, 1.82) is 0 Å². The molecule has 0 unspecified atom stereocenters. The van der Waals surface area contributed by atoms with Gasteiger partial charge in [0.05, 0.1) is 13.1 Å². The van der Waals surface area contributed by atoms with Crippen LogP contribution >= 0.6 is 0 Å². The second kappa shape index (κ2) is 6.02. The van der Waals surface area contributed by atoms with E-state index in [2.05, 4.69) is 10.6 Å². The van der Waals surface area contributed by atoms with Crippen LogP contribution in [0, 0.1) is 13.8 Å². The van der Waals surface area contributed by atoms with E-state index in [-0.39, 0.29) is 30.7 Å². The van der Waals surface area contributed by atoms with Crippen molar-refractivity contribution in [2.24, 2.45) is 5.73 Å². The lowest BCUT2D eigenvalue weighted by molar-refractivity contribution is -0.123. The van der Waals surface area contributed by atoms with Crippen LogP contribution in [0.2, 0.25) is 0 Å². The number of carbonyl (C=O) groups excluding carboxylic acids is 2. The molecule has 0 atom stereocenters. The normalized spacial score (nSPS) is 9.94. The molecule has 2 amide bonds. The lowest BCUT2D eigenvalue weighted by atomic mass is 10.1. The summed E-state index contributed by atoms with van der Waals surface area (Å²) in [5.41, 5.74) is 7.12. The molecule has 0 spiro atoms. The zero-order valence-electron chi connectivity index (χ0n) is 10.4. The highest BCUT2D eigenvalue weighted by atomic mass is 16.3. The van der Waals surface area contributed by atoms with Gasteiger partial charge in [-0.05, 0) is 37.1 Å². The first-order valence-corrected chi connectivity index (χ1v) is 5.51. The van der Waals surface area contributed by atoms with Gasteiger partial charge in [0.15, 0.2) is 0 Å². The maximum absolute atomic E-state index is 11.6. The lowest BCUT2D eigenvalue weighted by Crippen LogP contribution is -2.36. The van der Waals surface area contributed by atoms with Crippen molar-refractivity contribution in [2.45, 2.75) is 13.8 Å². The van der Waals surface area contributed by atoms with Gasteiger partial charge in [0.2, 0.25) is 11.8 Å². The fraction of sp³-hybridized carbons (Fsp3) is 0.333. The molecule has 0 radical (unpaired) electrons. The topological polar surface area (TPSA) is 104 Å². The number of phenols is 1. The van der Waals surface area contributed by atoms with E-state index in [0.29, 0.717) is 11.3 Å². The summed E-state index contributed by atoms with van der Waals surface area (Å²) >= 11 is 0. The zero-order valence-corrected chi connectivity index (χ0v) is 10.4. The summed E-state index contributed by atoms with van der Waals surface area (Å²) in [6.07, 6.45) is 0. The van der Waals surface area contributed by atoms with E-state index in [4.69, 9.17) is 5.73 Å². The van der Waals surface area contributed by atoms with Gasteiger partial charge in [-0.2, -0.15) is 0 Å². The van der Waals surface area contributed by atoms with E-state index in [1.807, 2.05) is 0 Å². The molecule has 0 aromatic heterocycles. The van der Waals surface area contributed by atoms with Gasteiger partial charge < -0.3 is 21.5 Å². The molecule has 1 aromatic carbocycles. The summed E-state index contributed by atoms with van der Waals surface area (Å²) in [6, 6.07) is 3.25. The van der Waals surface area contributed by atoms with Crippen molar-refractivity contribution < 1.29 is 14.7 Å². The van der Waals surface area contributed by atoms with Gasteiger partial charge in [-0.25, -0.2) is 0 Å². The molecule has 0 aliphatic carbocycles. The fourth-order valence-electron chi connectivity index (χ4n) is 1.38. The van der Waals surface area contributed by atoms with Crippen molar-refractivity contribution >= 4 is 17.5 Å². The van der Waals surface area contributed by atoms with Crippen LogP contribution in [-0.2, 0) is 9.59 Å². The Bertz CT molecular complexity index is 472. The highest BCUT2D eigenvalue weighted by Gasteiger charge is 2.08. The van der Waals surface area contributed by atoms with E-state index in [0.717, 1.165) is 5.56 Å². The van der Waals surface area contributed by atoms with Gasteiger partial charge in [0, 0.05) is 5.69 Å². The Labute approximate surface area is 105 Å². The van der Waals surface area contributed by atoms with Crippen molar-refractivity contribution in [3.8, 4) is 5.75 Å². The van der Waals surface area contributed by atoms with Crippen LogP contribution in [0.3, 0.4) is 0 Å². The number of nitrogens with two attached hydrogens (primary N) is 1. The Morgan fingerprint density at radius 3 is 2.50 bits per heavy atom. The summed E-state index contributed by atoms with van der Waals surface area (Å²) in [6.45, 7) is 3.23. The average molecular weight is 251 g/mol. The molecule has 0 aliphatic heterocycles. The molecule has 0 aliphatic rings. The molecular formula is C12H17N3O3. The first kappa shape index (κ1) is 14.0. The van der Waals surface area contributed by atoms with Gasteiger partial charge in [-0.3, -0.25) is 9.59 Å². The molecule has 0 bridgehead atoms. The van der Waals surface area contributed by atoms with Crippen molar-refractivity contribution in [1.82, 2.24) is 5.32 Å². The van der Waals surface area contributed by atoms with E-state index in [1.54, 1.807) is 26.0 Å². The van der Waals surface area contributed by atoms with Crippen LogP contribution in [0.1, 0.15) is 11.1 Å². The molecule has 6 nitrogen and oxygen atoms in total. The highest BCUT2D eigenvalue weighted by molar-refractivity contribution is 5.95. The molecule has 1 aromatic rings. The van der Waals surface area contributed by atoms with Gasteiger partial charge in [-0.1, -0.05) is 0 Å². The molecule has 18 heavy (non-hydrogen) atoms. The van der Waals surface area contributed by atoms with E-state index >= 15 is 0 Å². The average Bonchev–Trinajstić information content (AvgIpc) is 2.33. The number of benzene rings is 1. The third-order valence-electron chi connectivity index (χ3n) is 2.45. The maximum Gasteiger partial charge on any atom is 0.243 e. The molecule has 0 fully saturated rings. The number of amides is 2. The Morgan fingerprint density at radius 1 is 1.22 bits per heavy atom. The standard InChI is InChI=1S/C12H17N3O3/c1-7-4-10(16)8(2)3-9(7)15-12(18)6-14-11(17)5-13/h3-4,16H,5-6,13H2,1-2H3,(H,14,17)(H,15,18). The zero-order chi connectivity index (χ0) is 13.7. The van der Waals surface area contributed by atoms with Gasteiger partial charge in [-0.15, -0.1) is 0 Å². The van der Waals surface area contributed by atoms with Crippen molar-refractivity contribution in [3.05, 3.63) is 23.3 Å². The fourth-order valence-corrected chi connectivity index (χ4v) is 1.38. The molecule has 0 saturated carbocycles. The first-order chi connectivity index (χ1) is 8.43. The predicted octanol–water partition coefficient (Wildman–Crippen LogP) is 0.0224. The van der Waals surface area contributed by atoms with Crippen molar-refractivity contribution in [2.75, 3.05) is 18.4 Å². The van der Waals surface area contributed by atoms with E-state index < -0.39 is 0 Å². The highest BCUT2D eigenvalue weighted by Crippen LogP contribution is 2.24. The lowest BCUT2D eigenvalue weighted by Gasteiger charge is -2.11. The molecule has 0 saturated heterocycles. The molecular weight excluding hydrogens is 234 g/mol. The smallest absolute Gasteiger partial charge is 0.243 e. The molecule has 6 heteroatoms. The minimum absolute atomic E-state index is 0.130. The third-order valence-corrected chi connectivity index (χ3v) is 2.45. The predicted molar refractivity (Wildman–Crippen MR) is 68.3 cm³/mol. The Hall–Kier alpha value is -2.08. The second-order valence-electron chi connectivity index (χ2n) is 3.98. The van der Waals surface area contributed by atoms with Crippen LogP contribution in [-0.4, -0.2) is 30.0 Å². The largest absolute Gasteiger partial charge is 0.508 e. The summed E-state index contributed by atoms with van der Waals surface area (Å²) in [5, 5.41) is 14.5. The summed E-state index contributed by atoms with van der Waals surface area (Å²) < 4.78 is 0. The molecule has 98 valence electrons. The Balaban J connectivity index is 2.65. The molecule has 5 N–H and O–H groups in total. The summed E-state index contributed by atoms with van der Waals surface area (Å²) in [5.74, 6) is -0.546. The number of anilines is 1. The van der Waals surface area contributed by atoms with Crippen LogP contribution in [0.15, 0.2) is 12.1 Å². The van der Waals surface area contributed by atoms with E-state index in [9.17, 15) is 14.7 Å². The van der Waals surface area contributed by atoms with Crippen LogP contribution in [0.4, 0.5) is 5.69 Å². The number of aromatic hydroxyl groups is 1. The van der Waals surface area contributed by atoms with E-state index in [1.165, 1.54) is 0 Å². The second-order valence-corrected chi connectivity index (χ2v) is 3.98. The summed E-state index contributed by atoms with van der Waals surface area (Å²) in [7, 11) is 0. The minimum atomic E-state index is -0.385. The van der Waals surface area contributed by atoms with Gasteiger partial charge >= 0.3 is 0 Å². The first-order valence-electron chi connectivity index (χ1n) is 5.51. The minimum Gasteiger partial charge on any atom is -0.508 e. The number of rotatable bonds is 4. The monoisotopic (exact) mass is 251 g/mol. The number of hydrogen-bond donors (Lipinski definition) is 4. The SMILES string of the molecule is Cc1cc(NC(=O)CNC(=O)CN)c(C)cc1O. The number of nitrogens with one attached hydrogen (secondary N) is 2.